The first-order valence-corrected chi connectivity index (χ1v) is 4.99. The van der Waals surface area contributed by atoms with Gasteiger partial charge < -0.3 is 5.11 Å². The largest absolute Gasteiger partial charge is 0.478 e. The number of rotatable bonds is 3. The third-order valence-electron chi connectivity index (χ3n) is 2.46. The second-order valence-corrected chi connectivity index (χ2v) is 3.58. The maximum Gasteiger partial charge on any atom is 0.331 e. The van der Waals surface area contributed by atoms with Gasteiger partial charge in [0, 0.05) is 11.0 Å². The van der Waals surface area contributed by atoms with Gasteiger partial charge in [0.1, 0.15) is 0 Å². The fourth-order valence-electron chi connectivity index (χ4n) is 1.48. The number of benzene rings is 1. The Morgan fingerprint density at radius 2 is 2.25 bits per heavy atom. The van der Waals surface area contributed by atoms with Gasteiger partial charge in [-0.1, -0.05) is 24.3 Å². The molecule has 0 aliphatic rings. The number of para-hydroxylation sites is 1. The molecule has 1 heterocycles. The molecule has 0 saturated carbocycles. The van der Waals surface area contributed by atoms with Gasteiger partial charge >= 0.3 is 5.97 Å². The number of nitrogens with zero attached hydrogens (tertiary/aromatic N) is 2. The van der Waals surface area contributed by atoms with E-state index in [0.29, 0.717) is 12.1 Å². The number of allylic oxidation sites excluding steroid dienone is 1. The Bertz CT molecular complexity index is 555. The molecule has 0 fully saturated rings. The summed E-state index contributed by atoms with van der Waals surface area (Å²) in [6, 6.07) is 7.83. The maximum absolute atomic E-state index is 10.6. The molecule has 0 aliphatic carbocycles. The molecule has 1 aromatic carbocycles. The lowest BCUT2D eigenvalue weighted by atomic mass is 10.2. The zero-order valence-corrected chi connectivity index (χ0v) is 8.92. The van der Waals surface area contributed by atoms with Gasteiger partial charge in [0.15, 0.2) is 0 Å². The van der Waals surface area contributed by atoms with Crippen molar-refractivity contribution in [2.45, 2.75) is 13.5 Å². The highest BCUT2D eigenvalue weighted by Gasteiger charge is 2.02. The van der Waals surface area contributed by atoms with Gasteiger partial charge in [-0.2, -0.15) is 5.10 Å². The lowest BCUT2D eigenvalue weighted by Gasteiger charge is -1.99. The van der Waals surface area contributed by atoms with Crippen LogP contribution >= 0.6 is 0 Å². The predicted octanol–water partition coefficient (Wildman–Crippen LogP) is 2.07. The van der Waals surface area contributed by atoms with Crippen molar-refractivity contribution in [3.8, 4) is 0 Å². The molecule has 0 saturated heterocycles. The summed E-state index contributed by atoms with van der Waals surface area (Å²) < 4.78 is 1.78. The molecule has 0 atom stereocenters. The topological polar surface area (TPSA) is 55.1 Å². The van der Waals surface area contributed by atoms with Crippen LogP contribution in [0.15, 0.2) is 42.1 Å². The molecular formula is C12H12N2O2. The molecule has 0 bridgehead atoms. The molecule has 16 heavy (non-hydrogen) atoms. The van der Waals surface area contributed by atoms with E-state index in [1.165, 1.54) is 0 Å². The van der Waals surface area contributed by atoms with E-state index in [-0.39, 0.29) is 0 Å². The van der Waals surface area contributed by atoms with Crippen LogP contribution in [0.2, 0.25) is 0 Å². The smallest absolute Gasteiger partial charge is 0.331 e. The lowest BCUT2D eigenvalue weighted by molar-refractivity contribution is -0.132. The van der Waals surface area contributed by atoms with Gasteiger partial charge in [0.2, 0.25) is 0 Å². The number of hydrogen-bond donors (Lipinski definition) is 1. The Morgan fingerprint density at radius 3 is 3.00 bits per heavy atom. The Morgan fingerprint density at radius 1 is 1.50 bits per heavy atom. The summed E-state index contributed by atoms with van der Waals surface area (Å²) in [7, 11) is 0. The molecule has 2 rings (SSSR count). The highest BCUT2D eigenvalue weighted by atomic mass is 16.4. The molecule has 0 spiro atoms. The van der Waals surface area contributed by atoms with Crippen LogP contribution in [0.25, 0.3) is 10.9 Å². The summed E-state index contributed by atoms with van der Waals surface area (Å²) in [6.07, 6.45) is 3.43. The first-order valence-electron chi connectivity index (χ1n) is 4.99. The van der Waals surface area contributed by atoms with Gasteiger partial charge in [0.25, 0.3) is 0 Å². The SMILES string of the molecule is CC(=CCn1ncc2ccccc21)C(=O)O. The van der Waals surface area contributed by atoms with E-state index in [1.807, 2.05) is 24.3 Å². The number of hydrogen-bond acceptors (Lipinski definition) is 2. The summed E-state index contributed by atoms with van der Waals surface area (Å²) in [5.41, 5.74) is 1.34. The third-order valence-corrected chi connectivity index (χ3v) is 2.46. The van der Waals surface area contributed by atoms with Crippen molar-refractivity contribution >= 4 is 16.9 Å². The summed E-state index contributed by atoms with van der Waals surface area (Å²) in [4.78, 5) is 10.6. The van der Waals surface area contributed by atoms with Crippen molar-refractivity contribution in [3.05, 3.63) is 42.1 Å². The lowest BCUT2D eigenvalue weighted by Crippen LogP contribution is -2.01. The van der Waals surface area contributed by atoms with E-state index in [4.69, 9.17) is 5.11 Å². The van der Waals surface area contributed by atoms with Crippen molar-refractivity contribution in [1.29, 1.82) is 0 Å². The van der Waals surface area contributed by atoms with E-state index in [2.05, 4.69) is 5.10 Å². The average molecular weight is 216 g/mol. The Balaban J connectivity index is 2.28. The van der Waals surface area contributed by atoms with Crippen LogP contribution in [-0.2, 0) is 11.3 Å². The number of carbonyl (C=O) groups is 1. The molecule has 1 aromatic heterocycles. The highest BCUT2D eigenvalue weighted by Crippen LogP contribution is 2.12. The van der Waals surface area contributed by atoms with Crippen LogP contribution in [0.1, 0.15) is 6.92 Å². The Hall–Kier alpha value is -2.10. The van der Waals surface area contributed by atoms with Crippen molar-refractivity contribution in [3.63, 3.8) is 0 Å². The van der Waals surface area contributed by atoms with Crippen molar-refractivity contribution in [2.24, 2.45) is 0 Å². The van der Waals surface area contributed by atoms with Gasteiger partial charge in [-0.25, -0.2) is 4.79 Å². The van der Waals surface area contributed by atoms with Crippen molar-refractivity contribution in [2.75, 3.05) is 0 Å². The normalized spacial score (nSPS) is 11.9. The molecular weight excluding hydrogens is 204 g/mol. The van der Waals surface area contributed by atoms with Crippen LogP contribution in [0.3, 0.4) is 0 Å². The molecule has 82 valence electrons. The van der Waals surface area contributed by atoms with Crippen LogP contribution < -0.4 is 0 Å². The van der Waals surface area contributed by atoms with Crippen molar-refractivity contribution in [1.82, 2.24) is 9.78 Å². The van der Waals surface area contributed by atoms with E-state index < -0.39 is 5.97 Å². The fourth-order valence-corrected chi connectivity index (χ4v) is 1.48. The Labute approximate surface area is 92.8 Å². The molecule has 1 N–H and O–H groups in total. The van der Waals surface area contributed by atoms with Crippen LogP contribution in [-0.4, -0.2) is 20.9 Å². The molecule has 4 heteroatoms. The minimum Gasteiger partial charge on any atom is -0.478 e. The first kappa shape index (κ1) is 10.4. The van der Waals surface area contributed by atoms with Gasteiger partial charge in [-0.3, -0.25) is 4.68 Å². The van der Waals surface area contributed by atoms with Gasteiger partial charge in [-0.05, 0) is 13.0 Å². The van der Waals surface area contributed by atoms with Crippen molar-refractivity contribution < 1.29 is 9.90 Å². The van der Waals surface area contributed by atoms with E-state index in [0.717, 1.165) is 10.9 Å². The van der Waals surface area contributed by atoms with E-state index in [9.17, 15) is 4.79 Å². The number of carboxylic acid groups (broad SMARTS) is 1. The number of fused-ring (bicyclic) bond motifs is 1. The zero-order chi connectivity index (χ0) is 11.5. The monoisotopic (exact) mass is 216 g/mol. The van der Waals surface area contributed by atoms with E-state index in [1.54, 1.807) is 23.9 Å². The van der Waals surface area contributed by atoms with Crippen LogP contribution in [0.5, 0.6) is 0 Å². The Kier molecular flexibility index (Phi) is 2.72. The maximum atomic E-state index is 10.6. The summed E-state index contributed by atoms with van der Waals surface area (Å²) in [6.45, 7) is 2.06. The molecule has 0 amide bonds. The first-order chi connectivity index (χ1) is 7.68. The van der Waals surface area contributed by atoms with Gasteiger partial charge in [-0.15, -0.1) is 0 Å². The zero-order valence-electron chi connectivity index (χ0n) is 8.92. The number of carboxylic acids is 1. The minimum atomic E-state index is -0.892. The molecule has 0 aliphatic heterocycles. The summed E-state index contributed by atoms with van der Waals surface area (Å²) in [5, 5.41) is 14.0. The quantitative estimate of drug-likeness (QED) is 0.799. The fraction of sp³-hybridized carbons (Fsp3) is 0.167. The third kappa shape index (κ3) is 1.95. The standard InChI is InChI=1S/C12H12N2O2/c1-9(12(15)16)6-7-14-11-5-3-2-4-10(11)8-13-14/h2-6,8H,7H2,1H3,(H,15,16). The van der Waals surface area contributed by atoms with Crippen LogP contribution in [0, 0.1) is 0 Å². The number of aliphatic carboxylic acids is 1. The molecule has 0 radical (unpaired) electrons. The second-order valence-electron chi connectivity index (χ2n) is 3.58. The summed E-state index contributed by atoms with van der Waals surface area (Å²) in [5.74, 6) is -0.892. The highest BCUT2D eigenvalue weighted by molar-refractivity contribution is 5.85. The predicted molar refractivity (Wildman–Crippen MR) is 61.1 cm³/mol. The minimum absolute atomic E-state index is 0.333. The molecule has 2 aromatic rings. The van der Waals surface area contributed by atoms with Gasteiger partial charge in [0.05, 0.1) is 18.3 Å². The summed E-state index contributed by atoms with van der Waals surface area (Å²) >= 11 is 0. The van der Waals surface area contributed by atoms with E-state index >= 15 is 0 Å². The number of aromatic nitrogens is 2. The van der Waals surface area contributed by atoms with Crippen LogP contribution in [0.4, 0.5) is 0 Å². The average Bonchev–Trinajstić information content (AvgIpc) is 2.69. The molecule has 0 unspecified atom stereocenters. The second kappa shape index (κ2) is 4.18. The molecule has 4 nitrogen and oxygen atoms in total.